The normalized spacial score (nSPS) is 19.0. The van der Waals surface area contributed by atoms with Gasteiger partial charge >= 0.3 is 5.97 Å². The van der Waals surface area contributed by atoms with Crippen molar-refractivity contribution in [2.24, 2.45) is 11.7 Å². The van der Waals surface area contributed by atoms with E-state index in [4.69, 9.17) is 10.5 Å². The summed E-state index contributed by atoms with van der Waals surface area (Å²) in [6.45, 7) is 5.90. The molecule has 6 atom stereocenters. The highest BCUT2D eigenvalue weighted by Crippen LogP contribution is 2.32. The Hall–Kier alpha value is -5.47. The number of nitrogens with one attached hydrogen (secondary N) is 4. The average Bonchev–Trinajstić information content (AvgIpc) is 3.63. The number of carbonyl (C=O) groups excluding carboxylic acids is 6. The number of hydrogen-bond acceptors (Lipinski definition) is 10. The van der Waals surface area contributed by atoms with Gasteiger partial charge in [0.2, 0.25) is 23.5 Å². The van der Waals surface area contributed by atoms with Crippen molar-refractivity contribution < 1.29 is 66.1 Å². The number of halogens is 4. The van der Waals surface area contributed by atoms with Crippen LogP contribution in [0.5, 0.6) is 0 Å². The Morgan fingerprint density at radius 1 is 0.885 bits per heavy atom. The van der Waals surface area contributed by atoms with Gasteiger partial charge in [0.15, 0.2) is 23.3 Å². The monoisotopic (exact) mass is 864 g/mol. The molecule has 4 rings (SSSR count). The molecule has 2 aromatic carbocycles. The molecule has 2 fully saturated rings. The van der Waals surface area contributed by atoms with E-state index in [0.717, 1.165) is 11.3 Å². The predicted octanol–water partition coefficient (Wildman–Crippen LogP) is 2.51. The lowest BCUT2D eigenvalue weighted by Gasteiger charge is -2.35. The molecule has 8 N–H and O–H groups in total. The van der Waals surface area contributed by atoms with Gasteiger partial charge in [-0.25, -0.2) is 22.4 Å². The smallest absolute Gasteiger partial charge is 0.339 e. The van der Waals surface area contributed by atoms with E-state index in [-0.39, 0.29) is 25.8 Å². The highest BCUT2D eigenvalue weighted by molar-refractivity contribution is 6.38. The molecule has 1 saturated carbocycles. The maximum Gasteiger partial charge on any atom is 0.339 e. The number of aliphatic hydroxyl groups is 1. The van der Waals surface area contributed by atoms with E-state index in [1.807, 2.05) is 0 Å². The van der Waals surface area contributed by atoms with Gasteiger partial charge in [-0.2, -0.15) is 0 Å². The minimum Gasteiger partial charge on any atom is -0.478 e. The number of nitrogens with two attached hydrogens (primary N) is 1. The third-order valence-corrected chi connectivity index (χ3v) is 10.4. The molecule has 0 bridgehead atoms. The number of likely N-dealkylation sites (tertiary alicyclic amines) is 1. The van der Waals surface area contributed by atoms with E-state index in [0.29, 0.717) is 31.2 Å². The Balaban J connectivity index is 1.58. The van der Waals surface area contributed by atoms with Crippen LogP contribution in [0, 0.1) is 29.2 Å². The molecule has 0 aromatic heterocycles. The van der Waals surface area contributed by atoms with Crippen LogP contribution >= 0.6 is 0 Å². The quantitative estimate of drug-likeness (QED) is 0.0401. The first-order valence-corrected chi connectivity index (χ1v) is 19.9. The van der Waals surface area contributed by atoms with Crippen molar-refractivity contribution >= 4 is 41.3 Å². The summed E-state index contributed by atoms with van der Waals surface area (Å²) in [4.78, 5) is 94.5. The Labute approximate surface area is 349 Å². The van der Waals surface area contributed by atoms with E-state index in [9.17, 15) is 56.9 Å². The van der Waals surface area contributed by atoms with Crippen LogP contribution in [0.4, 0.5) is 17.6 Å². The molecule has 61 heavy (non-hydrogen) atoms. The molecule has 5 amide bonds. The first-order chi connectivity index (χ1) is 28.7. The molecule has 1 aliphatic heterocycles. The number of carboxylic acids is 1. The standard InChI is InChI=1S/C41H52F4N6O10/c1-5-12-23(34(53)38(57)47-18-25(52)49-32(35(46)54)20-13-8-6-9-14-20)48-36(55)24-17-22(61-41(2,3)4)19-51(24)39(58)33(21-15-10-7-11-16-21)50-37(56)26-27(40(59)60)29(43)31(45)30(44)28(26)42/h6,8-9,13-14,21-24,32-33,35,54H,5,7,10-12,15-19,46H2,1-4H3,(H,47,57)(H,48,55)(H,49,52)(H,50,56)(H,59,60)/t22-,23?,24+,32+,33+,35?/m1/s1. The summed E-state index contributed by atoms with van der Waals surface area (Å²) in [5.41, 5.74) is 1.85. The molecule has 0 radical (unpaired) electrons. The molecular weight excluding hydrogens is 812 g/mol. The Morgan fingerprint density at radius 3 is 2.05 bits per heavy atom. The van der Waals surface area contributed by atoms with E-state index in [1.54, 1.807) is 58.0 Å². The summed E-state index contributed by atoms with van der Waals surface area (Å²) in [5.74, 6) is -19.2. The van der Waals surface area contributed by atoms with Gasteiger partial charge in [-0.3, -0.25) is 28.8 Å². The van der Waals surface area contributed by atoms with Crippen molar-refractivity contribution in [1.82, 2.24) is 26.2 Å². The van der Waals surface area contributed by atoms with Gasteiger partial charge < -0.3 is 46.9 Å². The second-order valence-corrected chi connectivity index (χ2v) is 16.1. The van der Waals surface area contributed by atoms with Gasteiger partial charge in [0, 0.05) is 13.0 Å². The zero-order chi connectivity index (χ0) is 45.3. The van der Waals surface area contributed by atoms with Gasteiger partial charge in [-0.15, -0.1) is 0 Å². The zero-order valence-electron chi connectivity index (χ0n) is 34.2. The number of aromatic carboxylic acids is 1. The lowest BCUT2D eigenvalue weighted by atomic mass is 9.83. The van der Waals surface area contributed by atoms with E-state index >= 15 is 4.39 Å². The Bertz CT molecular complexity index is 1980. The second-order valence-electron chi connectivity index (χ2n) is 16.1. The molecule has 20 heteroatoms. The molecule has 2 aliphatic rings. The summed E-state index contributed by atoms with van der Waals surface area (Å²) in [6.07, 6.45) is 0.346. The molecule has 16 nitrogen and oxygen atoms in total. The highest BCUT2D eigenvalue weighted by atomic mass is 19.2. The Kier molecular flexibility index (Phi) is 16.5. The summed E-state index contributed by atoms with van der Waals surface area (Å²) in [7, 11) is 0. The molecule has 1 aliphatic carbocycles. The van der Waals surface area contributed by atoms with Crippen molar-refractivity contribution in [3.8, 4) is 0 Å². The molecule has 2 aromatic rings. The van der Waals surface area contributed by atoms with Crippen molar-refractivity contribution in [3.63, 3.8) is 0 Å². The summed E-state index contributed by atoms with van der Waals surface area (Å²) < 4.78 is 64.3. The van der Waals surface area contributed by atoms with Gasteiger partial charge in [0.25, 0.3) is 11.8 Å². The van der Waals surface area contributed by atoms with E-state index < -0.39 is 130 Å². The maximum atomic E-state index is 15.1. The van der Waals surface area contributed by atoms with Crippen molar-refractivity contribution in [1.29, 1.82) is 0 Å². The lowest BCUT2D eigenvalue weighted by molar-refractivity contribution is -0.143. The fourth-order valence-corrected chi connectivity index (χ4v) is 7.64. The summed E-state index contributed by atoms with van der Waals surface area (Å²) >= 11 is 0. The van der Waals surface area contributed by atoms with Crippen molar-refractivity contribution in [3.05, 3.63) is 70.3 Å². The fourth-order valence-electron chi connectivity index (χ4n) is 7.64. The first-order valence-electron chi connectivity index (χ1n) is 19.9. The summed E-state index contributed by atoms with van der Waals surface area (Å²) in [5, 5.41) is 29.0. The van der Waals surface area contributed by atoms with Crippen LogP contribution in [-0.2, 0) is 28.7 Å². The first kappa shape index (κ1) is 48.2. The van der Waals surface area contributed by atoms with Gasteiger partial charge in [0.05, 0.1) is 35.9 Å². The second kappa shape index (κ2) is 20.9. The number of Topliss-reactive ketones (excluding diaryl/α,β-unsaturated/α-hetero) is 1. The minimum atomic E-state index is -2.45. The largest absolute Gasteiger partial charge is 0.478 e. The third-order valence-electron chi connectivity index (χ3n) is 10.4. The molecule has 1 saturated heterocycles. The fraction of sp³-hybridized carbons (Fsp3) is 0.537. The molecule has 0 spiro atoms. The lowest BCUT2D eigenvalue weighted by Crippen LogP contribution is -2.58. The van der Waals surface area contributed by atoms with Crippen LogP contribution in [0.15, 0.2) is 30.3 Å². The van der Waals surface area contributed by atoms with Crippen LogP contribution in [0.2, 0.25) is 0 Å². The SMILES string of the molecule is CCCC(NC(=O)[C@@H]1C[C@@H](OC(C)(C)C)CN1C(=O)[C@@H](NC(=O)c1c(F)c(F)c(F)c(F)c1C(=O)O)C1CCCCC1)C(=O)C(=O)NCC(=O)N[C@@H](c1ccccc1)C(N)O. The number of rotatable bonds is 17. The van der Waals surface area contributed by atoms with Crippen LogP contribution < -0.4 is 27.0 Å². The Morgan fingerprint density at radius 2 is 1.49 bits per heavy atom. The van der Waals surface area contributed by atoms with Crippen LogP contribution in [0.1, 0.15) is 111 Å². The highest BCUT2D eigenvalue weighted by Gasteiger charge is 2.47. The maximum absolute atomic E-state index is 15.1. The third kappa shape index (κ3) is 12.1. The van der Waals surface area contributed by atoms with Crippen LogP contribution in [-0.4, -0.2) is 106 Å². The number of ketones is 1. The van der Waals surface area contributed by atoms with Crippen molar-refractivity contribution in [2.75, 3.05) is 13.1 Å². The number of benzene rings is 2. The number of carbonyl (C=O) groups is 7. The number of hydrogen-bond donors (Lipinski definition) is 7. The molecule has 1 heterocycles. The van der Waals surface area contributed by atoms with Gasteiger partial charge in [-0.1, -0.05) is 62.9 Å². The zero-order valence-corrected chi connectivity index (χ0v) is 34.2. The topological polar surface area (TPSA) is 247 Å². The van der Waals surface area contributed by atoms with E-state index in [2.05, 4.69) is 21.3 Å². The van der Waals surface area contributed by atoms with Gasteiger partial charge in [0.1, 0.15) is 23.9 Å². The number of ether oxygens (including phenoxy) is 1. The number of carboxylic acid groups (broad SMARTS) is 1. The molecular formula is C41H52F4N6O10. The van der Waals surface area contributed by atoms with Crippen LogP contribution in [0.25, 0.3) is 0 Å². The van der Waals surface area contributed by atoms with Crippen LogP contribution in [0.3, 0.4) is 0 Å². The predicted molar refractivity (Wildman–Crippen MR) is 208 cm³/mol. The minimum absolute atomic E-state index is 0.0504. The van der Waals surface area contributed by atoms with Crippen molar-refractivity contribution in [2.45, 2.75) is 121 Å². The summed E-state index contributed by atoms with van der Waals surface area (Å²) in [6, 6.07) is 2.76. The number of nitrogens with zero attached hydrogens (tertiary/aromatic N) is 1. The average molecular weight is 865 g/mol. The number of amides is 5. The molecule has 334 valence electrons. The number of aliphatic hydroxyl groups excluding tert-OH is 1. The molecule has 2 unspecified atom stereocenters. The van der Waals surface area contributed by atoms with E-state index in [1.165, 1.54) is 0 Å². The van der Waals surface area contributed by atoms with Gasteiger partial charge in [-0.05, 0) is 51.5 Å².